The molecule has 0 aromatic heterocycles. The van der Waals surface area contributed by atoms with Crippen molar-refractivity contribution >= 4 is 11.8 Å². The Bertz CT molecular complexity index is 334. The molecule has 0 aliphatic carbocycles. The van der Waals surface area contributed by atoms with Crippen molar-refractivity contribution < 1.29 is 4.74 Å². The molecule has 0 radical (unpaired) electrons. The molecule has 2 atom stereocenters. The van der Waals surface area contributed by atoms with Crippen LogP contribution < -0.4 is 0 Å². The fraction of sp³-hybridized carbons (Fsp3) is 0.600. The van der Waals surface area contributed by atoms with Crippen molar-refractivity contribution in [3.8, 4) is 0 Å². The lowest BCUT2D eigenvalue weighted by Crippen LogP contribution is -2.45. The van der Waals surface area contributed by atoms with Crippen molar-refractivity contribution in [1.82, 2.24) is 4.90 Å². The van der Waals surface area contributed by atoms with Gasteiger partial charge in [0.1, 0.15) is 0 Å². The fourth-order valence-corrected chi connectivity index (χ4v) is 3.32. The van der Waals surface area contributed by atoms with E-state index in [1.807, 2.05) is 11.8 Å². The molecule has 0 spiro atoms. The maximum Gasteiger partial charge on any atom is 0.0678 e. The second-order valence-electron chi connectivity index (χ2n) is 5.03. The average Bonchev–Trinajstić information content (AvgIpc) is 2.35. The predicted octanol–water partition coefficient (Wildman–Crippen LogP) is 3.28. The monoisotopic (exact) mass is 265 g/mol. The van der Waals surface area contributed by atoms with Crippen molar-refractivity contribution in [2.75, 3.05) is 25.4 Å². The lowest BCUT2D eigenvalue weighted by atomic mass is 10.2. The first kappa shape index (κ1) is 13.9. The molecule has 1 heterocycles. The molecule has 0 bridgehead atoms. The first-order valence-electron chi connectivity index (χ1n) is 6.79. The number of hydrogen-bond donors (Lipinski definition) is 0. The molecule has 1 aliphatic heterocycles. The normalized spacial score (nSPS) is 25.2. The lowest BCUT2D eigenvalue weighted by Gasteiger charge is -2.35. The van der Waals surface area contributed by atoms with Gasteiger partial charge in [-0.25, -0.2) is 0 Å². The van der Waals surface area contributed by atoms with Crippen LogP contribution in [0.1, 0.15) is 20.3 Å². The zero-order valence-electron chi connectivity index (χ0n) is 11.3. The van der Waals surface area contributed by atoms with Gasteiger partial charge in [-0.05, 0) is 44.7 Å². The van der Waals surface area contributed by atoms with E-state index in [0.29, 0.717) is 12.2 Å². The second kappa shape index (κ2) is 7.17. The van der Waals surface area contributed by atoms with Crippen LogP contribution in [0.5, 0.6) is 0 Å². The van der Waals surface area contributed by atoms with Gasteiger partial charge < -0.3 is 4.74 Å². The largest absolute Gasteiger partial charge is 0.373 e. The highest BCUT2D eigenvalue weighted by atomic mass is 32.2. The number of hydrogen-bond acceptors (Lipinski definition) is 3. The molecule has 2 nitrogen and oxygen atoms in total. The summed E-state index contributed by atoms with van der Waals surface area (Å²) in [6.07, 6.45) is 2.02. The van der Waals surface area contributed by atoms with Crippen LogP contribution in [0.2, 0.25) is 0 Å². The smallest absolute Gasteiger partial charge is 0.0678 e. The second-order valence-corrected chi connectivity index (χ2v) is 6.20. The van der Waals surface area contributed by atoms with Gasteiger partial charge in [-0.3, -0.25) is 4.90 Å². The fourth-order valence-electron chi connectivity index (χ4n) is 2.46. The van der Waals surface area contributed by atoms with Crippen molar-refractivity contribution in [2.45, 2.75) is 37.4 Å². The summed E-state index contributed by atoms with van der Waals surface area (Å²) >= 11 is 1.95. The van der Waals surface area contributed by atoms with E-state index in [0.717, 1.165) is 13.1 Å². The Morgan fingerprint density at radius 2 is 1.83 bits per heavy atom. The van der Waals surface area contributed by atoms with Crippen molar-refractivity contribution in [2.24, 2.45) is 0 Å². The summed E-state index contributed by atoms with van der Waals surface area (Å²) in [6, 6.07) is 10.6. The van der Waals surface area contributed by atoms with Gasteiger partial charge in [0.05, 0.1) is 12.2 Å². The predicted molar refractivity (Wildman–Crippen MR) is 78.2 cm³/mol. The number of morpholine rings is 1. The zero-order chi connectivity index (χ0) is 12.8. The van der Waals surface area contributed by atoms with Gasteiger partial charge in [0.2, 0.25) is 0 Å². The summed E-state index contributed by atoms with van der Waals surface area (Å²) in [7, 11) is 0. The molecular weight excluding hydrogens is 242 g/mol. The van der Waals surface area contributed by atoms with Crippen LogP contribution in [0.25, 0.3) is 0 Å². The molecule has 18 heavy (non-hydrogen) atoms. The third kappa shape index (κ3) is 4.63. The SMILES string of the molecule is C[C@H]1CN(CCCSc2ccccc2)C[C@H](C)O1. The molecular formula is C15H23NOS. The number of ether oxygens (including phenoxy) is 1. The van der Waals surface area contributed by atoms with E-state index in [2.05, 4.69) is 49.1 Å². The van der Waals surface area contributed by atoms with Gasteiger partial charge in [-0.2, -0.15) is 0 Å². The Morgan fingerprint density at radius 1 is 1.17 bits per heavy atom. The van der Waals surface area contributed by atoms with Gasteiger partial charge in [0.15, 0.2) is 0 Å². The van der Waals surface area contributed by atoms with Gasteiger partial charge in [0.25, 0.3) is 0 Å². The summed E-state index contributed by atoms with van der Waals surface area (Å²) in [5.74, 6) is 1.20. The number of rotatable bonds is 5. The van der Waals surface area contributed by atoms with E-state index in [1.54, 1.807) is 0 Å². The number of benzene rings is 1. The number of thioether (sulfide) groups is 1. The summed E-state index contributed by atoms with van der Waals surface area (Å²) in [5.41, 5.74) is 0. The topological polar surface area (TPSA) is 12.5 Å². The van der Waals surface area contributed by atoms with E-state index in [9.17, 15) is 0 Å². The summed E-state index contributed by atoms with van der Waals surface area (Å²) in [5, 5.41) is 0. The lowest BCUT2D eigenvalue weighted by molar-refractivity contribution is -0.0677. The molecule has 3 heteroatoms. The van der Waals surface area contributed by atoms with E-state index < -0.39 is 0 Å². The van der Waals surface area contributed by atoms with E-state index in [-0.39, 0.29) is 0 Å². The summed E-state index contributed by atoms with van der Waals surface area (Å²) in [6.45, 7) is 7.70. The van der Waals surface area contributed by atoms with Crippen LogP contribution in [-0.2, 0) is 4.74 Å². The van der Waals surface area contributed by atoms with Crippen LogP contribution in [0.15, 0.2) is 35.2 Å². The summed E-state index contributed by atoms with van der Waals surface area (Å²) in [4.78, 5) is 3.91. The minimum absolute atomic E-state index is 0.385. The molecule has 0 unspecified atom stereocenters. The molecule has 0 saturated carbocycles. The molecule has 1 aromatic rings. The van der Waals surface area contributed by atoms with Crippen LogP contribution in [0.3, 0.4) is 0 Å². The highest BCUT2D eigenvalue weighted by Crippen LogP contribution is 2.18. The number of nitrogens with zero attached hydrogens (tertiary/aromatic N) is 1. The van der Waals surface area contributed by atoms with Crippen LogP contribution in [0, 0.1) is 0 Å². The van der Waals surface area contributed by atoms with Crippen LogP contribution in [0.4, 0.5) is 0 Å². The first-order chi connectivity index (χ1) is 8.74. The standard InChI is InChI=1S/C15H23NOS/c1-13-11-16(12-14(2)17-13)9-6-10-18-15-7-4-3-5-8-15/h3-5,7-8,13-14H,6,9-12H2,1-2H3/t13-,14-/m0/s1. The molecule has 1 aromatic carbocycles. The molecule has 2 rings (SSSR count). The Labute approximate surface area is 115 Å². The molecule has 1 fully saturated rings. The van der Waals surface area contributed by atoms with Crippen molar-refractivity contribution in [1.29, 1.82) is 0 Å². The molecule has 1 aliphatic rings. The van der Waals surface area contributed by atoms with E-state index >= 15 is 0 Å². The van der Waals surface area contributed by atoms with E-state index in [1.165, 1.54) is 23.6 Å². The third-order valence-electron chi connectivity index (χ3n) is 3.13. The quantitative estimate of drug-likeness (QED) is 0.599. The molecule has 0 N–H and O–H groups in total. The summed E-state index contributed by atoms with van der Waals surface area (Å²) < 4.78 is 5.75. The Hall–Kier alpha value is -0.510. The van der Waals surface area contributed by atoms with Crippen LogP contribution in [-0.4, -0.2) is 42.5 Å². The van der Waals surface area contributed by atoms with Crippen molar-refractivity contribution in [3.05, 3.63) is 30.3 Å². The zero-order valence-corrected chi connectivity index (χ0v) is 12.2. The molecule has 100 valence electrons. The highest BCUT2D eigenvalue weighted by Gasteiger charge is 2.21. The Kier molecular flexibility index (Phi) is 5.54. The Balaban J connectivity index is 1.63. The van der Waals surface area contributed by atoms with Gasteiger partial charge in [0, 0.05) is 18.0 Å². The van der Waals surface area contributed by atoms with E-state index in [4.69, 9.17) is 4.74 Å². The maximum absolute atomic E-state index is 5.75. The third-order valence-corrected chi connectivity index (χ3v) is 4.22. The molecule has 0 amide bonds. The van der Waals surface area contributed by atoms with Gasteiger partial charge >= 0.3 is 0 Å². The maximum atomic E-state index is 5.75. The minimum Gasteiger partial charge on any atom is -0.373 e. The minimum atomic E-state index is 0.385. The van der Waals surface area contributed by atoms with Gasteiger partial charge in [-0.1, -0.05) is 18.2 Å². The average molecular weight is 265 g/mol. The Morgan fingerprint density at radius 3 is 2.50 bits per heavy atom. The van der Waals surface area contributed by atoms with Gasteiger partial charge in [-0.15, -0.1) is 11.8 Å². The highest BCUT2D eigenvalue weighted by molar-refractivity contribution is 7.99. The molecule has 1 saturated heterocycles. The first-order valence-corrected chi connectivity index (χ1v) is 7.78. The van der Waals surface area contributed by atoms with Crippen LogP contribution >= 0.6 is 11.8 Å². The van der Waals surface area contributed by atoms with Crippen molar-refractivity contribution in [3.63, 3.8) is 0 Å².